The van der Waals surface area contributed by atoms with Crippen molar-refractivity contribution in [1.29, 1.82) is 0 Å². The lowest BCUT2D eigenvalue weighted by Crippen LogP contribution is -2.13. The molecule has 2 aromatic rings. The van der Waals surface area contributed by atoms with E-state index in [1.807, 2.05) is 44.2 Å². The van der Waals surface area contributed by atoms with Crippen molar-refractivity contribution in [3.05, 3.63) is 40.6 Å². The highest BCUT2D eigenvalue weighted by atomic mass is 79.9. The quantitative estimate of drug-likeness (QED) is 0.943. The number of aromatic nitrogens is 2. The first-order chi connectivity index (χ1) is 8.58. The molecule has 0 aliphatic rings. The van der Waals surface area contributed by atoms with Crippen LogP contribution in [0.2, 0.25) is 0 Å². The molecule has 0 aliphatic heterocycles. The third kappa shape index (κ3) is 2.85. The maximum atomic E-state index is 4.16. The van der Waals surface area contributed by atoms with E-state index < -0.39 is 0 Å². The van der Waals surface area contributed by atoms with E-state index in [1.165, 1.54) is 5.69 Å². The van der Waals surface area contributed by atoms with Crippen molar-refractivity contribution in [2.45, 2.75) is 6.54 Å². The summed E-state index contributed by atoms with van der Waals surface area (Å²) in [6.07, 6.45) is 1.81. The molecule has 1 heterocycles. The Morgan fingerprint density at radius 2 is 2.11 bits per heavy atom. The van der Waals surface area contributed by atoms with Crippen LogP contribution >= 0.6 is 15.9 Å². The van der Waals surface area contributed by atoms with Crippen molar-refractivity contribution in [3.63, 3.8) is 0 Å². The number of hydrogen-bond donors (Lipinski definition) is 1. The first-order valence-corrected chi connectivity index (χ1v) is 6.55. The molecule has 0 saturated heterocycles. The molecule has 18 heavy (non-hydrogen) atoms. The first-order valence-electron chi connectivity index (χ1n) is 5.75. The maximum Gasteiger partial charge on any atom is 0.0597 e. The molecule has 0 amide bonds. The van der Waals surface area contributed by atoms with Crippen molar-refractivity contribution in [2.24, 2.45) is 7.05 Å². The molecule has 2 rings (SSSR count). The van der Waals surface area contributed by atoms with Crippen LogP contribution in [0.5, 0.6) is 0 Å². The van der Waals surface area contributed by atoms with E-state index in [0.717, 1.165) is 22.4 Å². The molecule has 0 unspecified atom stereocenters. The van der Waals surface area contributed by atoms with Gasteiger partial charge in [-0.25, -0.2) is 0 Å². The van der Waals surface area contributed by atoms with Crippen LogP contribution in [-0.2, 0) is 13.6 Å². The zero-order chi connectivity index (χ0) is 13.1. The Balaban J connectivity index is 2.18. The fourth-order valence-corrected chi connectivity index (χ4v) is 2.16. The molecule has 1 aromatic heterocycles. The summed E-state index contributed by atoms with van der Waals surface area (Å²) in [6, 6.07) is 8.24. The van der Waals surface area contributed by atoms with Crippen molar-refractivity contribution >= 4 is 27.3 Å². The average molecular weight is 309 g/mol. The Morgan fingerprint density at radius 3 is 2.72 bits per heavy atom. The van der Waals surface area contributed by atoms with E-state index >= 15 is 0 Å². The monoisotopic (exact) mass is 308 g/mol. The summed E-state index contributed by atoms with van der Waals surface area (Å²) in [5.41, 5.74) is 3.43. The number of rotatable bonds is 4. The highest BCUT2D eigenvalue weighted by Gasteiger charge is 2.06. The highest BCUT2D eigenvalue weighted by Crippen LogP contribution is 2.28. The van der Waals surface area contributed by atoms with Gasteiger partial charge in [-0.3, -0.25) is 4.68 Å². The lowest BCUT2D eigenvalue weighted by molar-refractivity contribution is 0.720. The molecule has 1 N–H and O–H groups in total. The molecule has 4 nitrogen and oxygen atoms in total. The predicted octanol–water partition coefficient (Wildman–Crippen LogP) is 2.86. The summed E-state index contributed by atoms with van der Waals surface area (Å²) in [6.45, 7) is 0.758. The van der Waals surface area contributed by atoms with Crippen molar-refractivity contribution < 1.29 is 0 Å². The molecule has 0 saturated carbocycles. The van der Waals surface area contributed by atoms with Gasteiger partial charge in [0.15, 0.2) is 0 Å². The molecular weight excluding hydrogens is 292 g/mol. The van der Waals surface area contributed by atoms with Gasteiger partial charge in [-0.2, -0.15) is 5.10 Å². The minimum absolute atomic E-state index is 0.758. The van der Waals surface area contributed by atoms with Gasteiger partial charge in [0.25, 0.3) is 0 Å². The minimum atomic E-state index is 0.758. The molecule has 0 fully saturated rings. The molecular formula is C13H17BrN4. The number of benzene rings is 1. The van der Waals surface area contributed by atoms with E-state index in [1.54, 1.807) is 0 Å². The smallest absolute Gasteiger partial charge is 0.0597 e. The number of hydrogen-bond acceptors (Lipinski definition) is 3. The van der Waals surface area contributed by atoms with Gasteiger partial charge in [-0.05, 0) is 24.3 Å². The summed E-state index contributed by atoms with van der Waals surface area (Å²) in [5, 5.41) is 7.61. The van der Waals surface area contributed by atoms with Gasteiger partial charge in [-0.15, -0.1) is 0 Å². The zero-order valence-corrected chi connectivity index (χ0v) is 12.4. The zero-order valence-electron chi connectivity index (χ0n) is 10.8. The molecule has 0 aliphatic carbocycles. The SMILES string of the molecule is CN(C)c1ccc(Br)cc1NCc1ccnn1C. The second-order valence-corrected chi connectivity index (χ2v) is 5.27. The predicted molar refractivity (Wildman–Crippen MR) is 79.0 cm³/mol. The lowest BCUT2D eigenvalue weighted by Gasteiger charge is -2.19. The first kappa shape index (κ1) is 13.0. The van der Waals surface area contributed by atoms with Gasteiger partial charge in [0.05, 0.1) is 23.6 Å². The van der Waals surface area contributed by atoms with Crippen LogP contribution in [0.1, 0.15) is 5.69 Å². The Labute approximate surface area is 116 Å². The summed E-state index contributed by atoms with van der Waals surface area (Å²) in [7, 11) is 6.03. The minimum Gasteiger partial charge on any atom is -0.378 e. The van der Waals surface area contributed by atoms with E-state index in [4.69, 9.17) is 0 Å². The van der Waals surface area contributed by atoms with Crippen LogP contribution in [-0.4, -0.2) is 23.9 Å². The Morgan fingerprint density at radius 1 is 1.33 bits per heavy atom. The van der Waals surface area contributed by atoms with Crippen LogP contribution in [0, 0.1) is 0 Å². The molecule has 0 atom stereocenters. The van der Waals surface area contributed by atoms with Crippen LogP contribution in [0.4, 0.5) is 11.4 Å². The van der Waals surface area contributed by atoms with Gasteiger partial charge in [-0.1, -0.05) is 15.9 Å². The van der Waals surface area contributed by atoms with Crippen LogP contribution < -0.4 is 10.2 Å². The standard InChI is InChI=1S/C13H17BrN4/c1-17(2)13-5-4-10(14)8-12(13)15-9-11-6-7-16-18(11)3/h4-8,15H,9H2,1-3H3. The second-order valence-electron chi connectivity index (χ2n) is 4.36. The van der Waals surface area contributed by atoms with E-state index in [0.29, 0.717) is 0 Å². The Hall–Kier alpha value is -1.49. The van der Waals surface area contributed by atoms with Crippen LogP contribution in [0.3, 0.4) is 0 Å². The lowest BCUT2D eigenvalue weighted by atomic mass is 10.2. The molecule has 0 spiro atoms. The number of nitrogens with zero attached hydrogens (tertiary/aromatic N) is 3. The van der Waals surface area contributed by atoms with Crippen molar-refractivity contribution in [1.82, 2.24) is 9.78 Å². The van der Waals surface area contributed by atoms with Crippen LogP contribution in [0.25, 0.3) is 0 Å². The molecule has 0 bridgehead atoms. The largest absolute Gasteiger partial charge is 0.378 e. The van der Waals surface area contributed by atoms with Crippen molar-refractivity contribution in [2.75, 3.05) is 24.3 Å². The summed E-state index contributed by atoms with van der Waals surface area (Å²) in [5.74, 6) is 0. The van der Waals surface area contributed by atoms with E-state index in [9.17, 15) is 0 Å². The summed E-state index contributed by atoms with van der Waals surface area (Å²) in [4.78, 5) is 2.10. The molecule has 0 radical (unpaired) electrons. The second kappa shape index (κ2) is 5.44. The molecule has 96 valence electrons. The average Bonchev–Trinajstić information content (AvgIpc) is 2.72. The van der Waals surface area contributed by atoms with Gasteiger partial charge in [0.2, 0.25) is 0 Å². The number of nitrogens with one attached hydrogen (secondary N) is 1. The topological polar surface area (TPSA) is 33.1 Å². The Bertz CT molecular complexity index is 534. The summed E-state index contributed by atoms with van der Waals surface area (Å²) < 4.78 is 2.95. The number of aryl methyl sites for hydroxylation is 1. The normalized spacial score (nSPS) is 10.4. The van der Waals surface area contributed by atoms with Crippen LogP contribution in [0.15, 0.2) is 34.9 Å². The third-order valence-corrected chi connectivity index (χ3v) is 3.32. The molecule has 5 heteroatoms. The Kier molecular flexibility index (Phi) is 3.91. The van der Waals surface area contributed by atoms with Gasteiger partial charge in [0, 0.05) is 31.8 Å². The molecule has 1 aromatic carbocycles. The van der Waals surface area contributed by atoms with Gasteiger partial charge >= 0.3 is 0 Å². The van der Waals surface area contributed by atoms with Crippen molar-refractivity contribution in [3.8, 4) is 0 Å². The van der Waals surface area contributed by atoms with E-state index in [-0.39, 0.29) is 0 Å². The summed E-state index contributed by atoms with van der Waals surface area (Å²) >= 11 is 3.50. The maximum absolute atomic E-state index is 4.16. The fourth-order valence-electron chi connectivity index (χ4n) is 1.80. The van der Waals surface area contributed by atoms with E-state index in [2.05, 4.69) is 43.4 Å². The van der Waals surface area contributed by atoms with Gasteiger partial charge < -0.3 is 10.2 Å². The number of halogens is 1. The van der Waals surface area contributed by atoms with Gasteiger partial charge in [0.1, 0.15) is 0 Å². The number of anilines is 2. The third-order valence-electron chi connectivity index (χ3n) is 2.82. The fraction of sp³-hybridized carbons (Fsp3) is 0.308. The highest BCUT2D eigenvalue weighted by molar-refractivity contribution is 9.10.